The molecule has 0 amide bonds. The monoisotopic (exact) mass is 137 g/mol. The zero-order valence-corrected chi connectivity index (χ0v) is 5.66. The standard InChI is InChI=1S/C6H11F2O/c1-6(2,3)4-9-5(7)8/h5H,1,4H2,2-3H3. The highest BCUT2D eigenvalue weighted by atomic mass is 19.3. The van der Waals surface area contributed by atoms with Crippen LogP contribution in [-0.2, 0) is 4.74 Å². The van der Waals surface area contributed by atoms with E-state index >= 15 is 0 Å². The fourth-order valence-corrected chi connectivity index (χ4v) is 0.289. The Kier molecular flexibility index (Phi) is 3.04. The SMILES string of the molecule is [CH2]C(C)(C)COC(F)F. The first-order chi connectivity index (χ1) is 3.92. The molecular weight excluding hydrogens is 126 g/mol. The Balaban J connectivity index is 3.28. The molecule has 0 atom stereocenters. The molecule has 0 aliphatic heterocycles. The van der Waals surface area contributed by atoms with Crippen LogP contribution in [0.15, 0.2) is 0 Å². The molecule has 3 heteroatoms. The minimum Gasteiger partial charge on any atom is -0.322 e. The highest BCUT2D eigenvalue weighted by molar-refractivity contribution is 4.68. The summed E-state index contributed by atoms with van der Waals surface area (Å²) < 4.78 is 26.6. The van der Waals surface area contributed by atoms with Crippen molar-refractivity contribution in [2.75, 3.05) is 6.61 Å². The lowest BCUT2D eigenvalue weighted by atomic mass is 9.99. The van der Waals surface area contributed by atoms with Crippen LogP contribution in [0.3, 0.4) is 0 Å². The summed E-state index contributed by atoms with van der Waals surface area (Å²) in [6, 6.07) is 0. The molecule has 0 aromatic heterocycles. The molecule has 0 bridgehead atoms. The third-order valence-corrected chi connectivity index (χ3v) is 0.600. The normalized spacial score (nSPS) is 12.7. The predicted octanol–water partition coefficient (Wildman–Crippen LogP) is 2.09. The summed E-state index contributed by atoms with van der Waals surface area (Å²) in [5, 5.41) is 0. The summed E-state index contributed by atoms with van der Waals surface area (Å²) >= 11 is 0. The second-order valence-corrected chi connectivity index (χ2v) is 2.74. The summed E-state index contributed by atoms with van der Waals surface area (Å²) in [6.45, 7) is 4.36. The van der Waals surface area contributed by atoms with Crippen molar-refractivity contribution in [3.8, 4) is 0 Å². The summed E-state index contributed by atoms with van der Waals surface area (Å²) in [6.07, 6.45) is 0. The van der Waals surface area contributed by atoms with Gasteiger partial charge in [0, 0.05) is 0 Å². The van der Waals surface area contributed by atoms with E-state index in [1.807, 2.05) is 0 Å². The maximum atomic E-state index is 11.3. The molecule has 0 aliphatic rings. The second kappa shape index (κ2) is 3.11. The molecule has 0 fully saturated rings. The number of hydrogen-bond acceptors (Lipinski definition) is 1. The van der Waals surface area contributed by atoms with Gasteiger partial charge < -0.3 is 4.74 Å². The van der Waals surface area contributed by atoms with Crippen LogP contribution < -0.4 is 0 Å². The smallest absolute Gasteiger partial charge is 0.322 e. The summed E-state index contributed by atoms with van der Waals surface area (Å²) in [7, 11) is 0. The minimum absolute atomic E-state index is 0.00926. The maximum absolute atomic E-state index is 11.3. The molecule has 1 radical (unpaired) electrons. The Morgan fingerprint density at radius 1 is 1.56 bits per heavy atom. The molecule has 0 aliphatic carbocycles. The fraction of sp³-hybridized carbons (Fsp3) is 0.833. The highest BCUT2D eigenvalue weighted by Crippen LogP contribution is 2.13. The zero-order chi connectivity index (χ0) is 7.49. The van der Waals surface area contributed by atoms with Crippen LogP contribution in [0.1, 0.15) is 13.8 Å². The van der Waals surface area contributed by atoms with Gasteiger partial charge in [-0.25, -0.2) is 0 Å². The minimum atomic E-state index is -2.67. The lowest BCUT2D eigenvalue weighted by molar-refractivity contribution is -0.143. The van der Waals surface area contributed by atoms with Crippen molar-refractivity contribution in [3.63, 3.8) is 0 Å². The molecule has 0 aromatic rings. The van der Waals surface area contributed by atoms with Crippen LogP contribution in [0.25, 0.3) is 0 Å². The van der Waals surface area contributed by atoms with Crippen LogP contribution >= 0.6 is 0 Å². The van der Waals surface area contributed by atoms with E-state index in [0.717, 1.165) is 0 Å². The maximum Gasteiger partial charge on any atom is 0.345 e. The van der Waals surface area contributed by atoms with Gasteiger partial charge >= 0.3 is 6.61 Å². The van der Waals surface area contributed by atoms with E-state index in [1.165, 1.54) is 0 Å². The zero-order valence-electron chi connectivity index (χ0n) is 5.66. The lowest BCUT2D eigenvalue weighted by Gasteiger charge is -2.16. The molecule has 0 spiro atoms. The number of halogens is 2. The average molecular weight is 137 g/mol. The Morgan fingerprint density at radius 3 is 2.11 bits per heavy atom. The van der Waals surface area contributed by atoms with Gasteiger partial charge in [-0.2, -0.15) is 8.78 Å². The van der Waals surface area contributed by atoms with Gasteiger partial charge in [0.1, 0.15) is 0 Å². The van der Waals surface area contributed by atoms with Crippen LogP contribution in [0.2, 0.25) is 0 Å². The number of ether oxygens (including phenoxy) is 1. The van der Waals surface area contributed by atoms with E-state index in [1.54, 1.807) is 13.8 Å². The molecule has 55 valence electrons. The average Bonchev–Trinajstić information content (AvgIpc) is 1.59. The van der Waals surface area contributed by atoms with Gasteiger partial charge in [0.05, 0.1) is 6.61 Å². The van der Waals surface area contributed by atoms with E-state index in [-0.39, 0.29) is 6.61 Å². The van der Waals surface area contributed by atoms with Crippen molar-refractivity contribution in [2.24, 2.45) is 5.41 Å². The molecule has 0 N–H and O–H groups in total. The van der Waals surface area contributed by atoms with Gasteiger partial charge in [0.15, 0.2) is 0 Å². The first kappa shape index (κ1) is 8.82. The van der Waals surface area contributed by atoms with Crippen molar-refractivity contribution < 1.29 is 13.5 Å². The Labute approximate surface area is 54.0 Å². The number of rotatable bonds is 3. The van der Waals surface area contributed by atoms with Gasteiger partial charge in [-0.15, -0.1) is 0 Å². The summed E-state index contributed by atoms with van der Waals surface area (Å²) in [4.78, 5) is 0. The summed E-state index contributed by atoms with van der Waals surface area (Å²) in [5.74, 6) is 0. The third kappa shape index (κ3) is 7.82. The molecule has 0 saturated heterocycles. The summed E-state index contributed by atoms with van der Waals surface area (Å²) in [5.41, 5.74) is -0.420. The van der Waals surface area contributed by atoms with E-state index < -0.39 is 12.0 Å². The third-order valence-electron chi connectivity index (χ3n) is 0.600. The quantitative estimate of drug-likeness (QED) is 0.578. The molecule has 0 heterocycles. The Bertz CT molecular complexity index is 75.6. The fourth-order valence-electron chi connectivity index (χ4n) is 0.289. The van der Waals surface area contributed by atoms with Crippen LogP contribution in [-0.4, -0.2) is 13.2 Å². The molecule has 0 rings (SSSR count). The van der Waals surface area contributed by atoms with Crippen molar-refractivity contribution >= 4 is 0 Å². The Hall–Kier alpha value is -0.180. The van der Waals surface area contributed by atoms with Crippen LogP contribution in [0.4, 0.5) is 8.78 Å². The van der Waals surface area contributed by atoms with E-state index in [0.29, 0.717) is 0 Å². The molecule has 0 aromatic carbocycles. The molecule has 0 unspecified atom stereocenters. The van der Waals surface area contributed by atoms with Crippen molar-refractivity contribution in [3.05, 3.63) is 6.92 Å². The van der Waals surface area contributed by atoms with Gasteiger partial charge in [0.25, 0.3) is 0 Å². The van der Waals surface area contributed by atoms with Gasteiger partial charge in [0.2, 0.25) is 0 Å². The van der Waals surface area contributed by atoms with Crippen molar-refractivity contribution in [1.29, 1.82) is 0 Å². The van der Waals surface area contributed by atoms with Gasteiger partial charge in [-0.05, 0) is 12.3 Å². The first-order valence-corrected chi connectivity index (χ1v) is 2.67. The topological polar surface area (TPSA) is 9.23 Å². The highest BCUT2D eigenvalue weighted by Gasteiger charge is 2.13. The van der Waals surface area contributed by atoms with Crippen LogP contribution in [0.5, 0.6) is 0 Å². The van der Waals surface area contributed by atoms with E-state index in [9.17, 15) is 8.78 Å². The number of hydrogen-bond donors (Lipinski definition) is 0. The lowest BCUT2D eigenvalue weighted by Crippen LogP contribution is -2.17. The predicted molar refractivity (Wildman–Crippen MR) is 31.1 cm³/mol. The van der Waals surface area contributed by atoms with E-state index in [2.05, 4.69) is 11.7 Å². The first-order valence-electron chi connectivity index (χ1n) is 2.67. The molecule has 9 heavy (non-hydrogen) atoms. The van der Waals surface area contributed by atoms with E-state index in [4.69, 9.17) is 0 Å². The molecule has 0 saturated carbocycles. The largest absolute Gasteiger partial charge is 0.345 e. The van der Waals surface area contributed by atoms with Crippen molar-refractivity contribution in [2.45, 2.75) is 20.5 Å². The Morgan fingerprint density at radius 2 is 2.00 bits per heavy atom. The number of alkyl halides is 2. The second-order valence-electron chi connectivity index (χ2n) is 2.74. The van der Waals surface area contributed by atoms with Crippen molar-refractivity contribution in [1.82, 2.24) is 0 Å². The van der Waals surface area contributed by atoms with Gasteiger partial charge in [-0.1, -0.05) is 13.8 Å². The van der Waals surface area contributed by atoms with Gasteiger partial charge in [-0.3, -0.25) is 0 Å². The molecular formula is C6H11F2O. The van der Waals surface area contributed by atoms with Crippen LogP contribution in [0, 0.1) is 12.3 Å². The molecule has 1 nitrogen and oxygen atoms in total.